The predicted octanol–water partition coefficient (Wildman–Crippen LogP) is 5.60. The van der Waals surface area contributed by atoms with Gasteiger partial charge in [-0.05, 0) is 58.9 Å². The number of hydrogen-bond acceptors (Lipinski definition) is 7. The molecule has 1 aliphatic heterocycles. The van der Waals surface area contributed by atoms with Gasteiger partial charge in [0.1, 0.15) is 20.8 Å². The lowest BCUT2D eigenvalue weighted by molar-refractivity contribution is 0.0585. The molecular formula is C28H34FN3O6S. The zero-order chi connectivity index (χ0) is 28.5. The first-order valence-electron chi connectivity index (χ1n) is 13.2. The molecule has 2 N–H and O–H groups in total. The van der Waals surface area contributed by atoms with Crippen molar-refractivity contribution in [2.24, 2.45) is 5.92 Å². The van der Waals surface area contributed by atoms with E-state index in [-0.39, 0.29) is 56.6 Å². The summed E-state index contributed by atoms with van der Waals surface area (Å²) in [7, 11) is 1.44. The molecule has 39 heavy (non-hydrogen) atoms. The second-order valence-corrected chi connectivity index (χ2v) is 12.6. The summed E-state index contributed by atoms with van der Waals surface area (Å²) in [4.78, 5) is 41.8. The predicted molar refractivity (Wildman–Crippen MR) is 149 cm³/mol. The first kappa shape index (κ1) is 27.2. The number of carbonyl (C=O) groups excluding carboxylic acids is 1. The Balaban J connectivity index is 1.67. The van der Waals surface area contributed by atoms with Gasteiger partial charge in [0.25, 0.3) is 0 Å². The summed E-state index contributed by atoms with van der Waals surface area (Å²) in [5.74, 6) is -1.14. The van der Waals surface area contributed by atoms with Crippen molar-refractivity contribution < 1.29 is 28.9 Å². The highest BCUT2D eigenvalue weighted by atomic mass is 32.1. The molecule has 2 atom stereocenters. The number of pyridine rings is 1. The second kappa shape index (κ2) is 9.39. The quantitative estimate of drug-likeness (QED) is 0.378. The summed E-state index contributed by atoms with van der Waals surface area (Å²) >= 11 is 1.07. The van der Waals surface area contributed by atoms with Crippen molar-refractivity contribution in [1.29, 1.82) is 0 Å². The number of anilines is 1. The van der Waals surface area contributed by atoms with Crippen LogP contribution < -0.4 is 15.1 Å². The Morgan fingerprint density at radius 2 is 1.92 bits per heavy atom. The molecule has 5 rings (SSSR count). The second-order valence-electron chi connectivity index (χ2n) is 11.6. The van der Waals surface area contributed by atoms with Gasteiger partial charge in [-0.25, -0.2) is 9.18 Å². The van der Waals surface area contributed by atoms with E-state index < -0.39 is 22.9 Å². The van der Waals surface area contributed by atoms with Gasteiger partial charge in [-0.1, -0.05) is 0 Å². The lowest BCUT2D eigenvalue weighted by atomic mass is 9.94. The van der Waals surface area contributed by atoms with E-state index in [1.165, 1.54) is 25.0 Å². The minimum Gasteiger partial charge on any atom is -0.505 e. The summed E-state index contributed by atoms with van der Waals surface area (Å²) in [5.41, 5.74) is -0.458. The Morgan fingerprint density at radius 3 is 2.46 bits per heavy atom. The summed E-state index contributed by atoms with van der Waals surface area (Å²) in [6.45, 7) is 9.71. The molecule has 0 bridgehead atoms. The Hall–Kier alpha value is -3.34. The van der Waals surface area contributed by atoms with Crippen LogP contribution in [-0.4, -0.2) is 63.3 Å². The fraction of sp³-hybridized carbons (Fsp3) is 0.536. The number of halogens is 1. The third kappa shape index (κ3) is 4.31. The van der Waals surface area contributed by atoms with Crippen LogP contribution in [0, 0.1) is 11.7 Å². The highest BCUT2D eigenvalue weighted by Gasteiger charge is 2.40. The number of nitrogens with zero attached hydrogens (tertiary/aromatic N) is 3. The van der Waals surface area contributed by atoms with E-state index in [0.29, 0.717) is 29.9 Å². The number of methoxy groups -OCH3 is 1. The van der Waals surface area contributed by atoms with E-state index >= 15 is 4.39 Å². The number of thiophene rings is 1. The van der Waals surface area contributed by atoms with Gasteiger partial charge in [0, 0.05) is 37.6 Å². The third-order valence-corrected chi connectivity index (χ3v) is 9.25. The van der Waals surface area contributed by atoms with Crippen molar-refractivity contribution in [3.63, 3.8) is 0 Å². The topological polar surface area (TPSA) is 112 Å². The van der Waals surface area contributed by atoms with Crippen LogP contribution in [0.5, 0.6) is 11.5 Å². The molecule has 0 spiro atoms. The monoisotopic (exact) mass is 559 g/mol. The van der Waals surface area contributed by atoms with E-state index in [9.17, 15) is 24.6 Å². The number of Topliss-reactive ketones (excluding diaryl/α,β-unsaturated/α-hetero) is 1. The smallest absolute Gasteiger partial charge is 0.407 e. The Kier molecular flexibility index (Phi) is 6.56. The average Bonchev–Trinajstić information content (AvgIpc) is 3.44. The Bertz CT molecular complexity index is 1570. The number of carbonyl (C=O) groups is 2. The molecule has 0 radical (unpaired) electrons. The third-order valence-electron chi connectivity index (χ3n) is 7.97. The van der Waals surface area contributed by atoms with E-state index in [1.54, 1.807) is 0 Å². The molecule has 1 aromatic carbocycles. The fourth-order valence-corrected chi connectivity index (χ4v) is 7.28. The molecule has 0 unspecified atom stereocenters. The van der Waals surface area contributed by atoms with Crippen LogP contribution in [-0.2, 0) is 0 Å². The Labute approximate surface area is 229 Å². The standard InChI is InChI=1S/C28H34FN3O6S/c1-13(32(27(36)37)28(3,4)5)15-9-10-30(12-15)21-18(29)11-17-20(24(21)38-6)31(16-7-8-16)26-19(22(17)34)23(35)25(39-26)14(2)33/h11,13,15-16,35H,7-10,12H2,1-6H3,(H,36,37)/t13-,15+/m0/s1. The number of fused-ring (bicyclic) bond motifs is 2. The minimum absolute atomic E-state index is 0.0305. The van der Waals surface area contributed by atoms with Crippen LogP contribution >= 0.6 is 11.3 Å². The van der Waals surface area contributed by atoms with Gasteiger partial charge in [-0.15, -0.1) is 11.3 Å². The van der Waals surface area contributed by atoms with Crippen molar-refractivity contribution in [3.8, 4) is 11.5 Å². The molecule has 1 saturated carbocycles. The van der Waals surface area contributed by atoms with Crippen LogP contribution in [0.2, 0.25) is 0 Å². The van der Waals surface area contributed by atoms with Gasteiger partial charge in [0.2, 0.25) is 5.43 Å². The maximum absolute atomic E-state index is 15.9. The summed E-state index contributed by atoms with van der Waals surface area (Å²) in [6.07, 6.45) is 1.36. The molecule has 11 heteroatoms. The van der Waals surface area contributed by atoms with Gasteiger partial charge in [0.05, 0.1) is 18.0 Å². The Morgan fingerprint density at radius 1 is 1.26 bits per heavy atom. The van der Waals surface area contributed by atoms with Crippen molar-refractivity contribution >= 4 is 50.0 Å². The molecule has 9 nitrogen and oxygen atoms in total. The zero-order valence-electron chi connectivity index (χ0n) is 23.0. The molecule has 1 amide bonds. The van der Waals surface area contributed by atoms with Crippen molar-refractivity contribution in [2.75, 3.05) is 25.1 Å². The number of ketones is 1. The van der Waals surface area contributed by atoms with E-state index in [4.69, 9.17) is 4.74 Å². The summed E-state index contributed by atoms with van der Waals surface area (Å²) in [6, 6.07) is 0.932. The highest BCUT2D eigenvalue weighted by Crippen LogP contribution is 2.49. The van der Waals surface area contributed by atoms with Crippen LogP contribution in [0.1, 0.15) is 69.6 Å². The number of hydrogen-bond donors (Lipinski definition) is 2. The SMILES string of the molecule is COc1c(N2CC[C@@H]([C@H](C)N(C(=O)O)C(C)(C)C)C2)c(F)cc2c(=O)c3c(O)c(C(C)=O)sc3n(C3CC3)c12. The van der Waals surface area contributed by atoms with E-state index in [2.05, 4.69) is 0 Å². The number of aromatic hydroxyl groups is 1. The van der Waals surface area contributed by atoms with Crippen molar-refractivity contribution in [2.45, 2.75) is 71.5 Å². The zero-order valence-corrected chi connectivity index (χ0v) is 23.8. The molecule has 2 aliphatic rings. The normalized spacial score (nSPS) is 18.6. The summed E-state index contributed by atoms with van der Waals surface area (Å²) < 4.78 is 23.6. The number of benzene rings is 1. The maximum Gasteiger partial charge on any atom is 0.407 e. The molecule has 210 valence electrons. The molecule has 2 fully saturated rings. The number of ether oxygens (including phenoxy) is 1. The molecule has 1 aliphatic carbocycles. The molecule has 3 aromatic rings. The first-order valence-corrected chi connectivity index (χ1v) is 14.0. The lowest BCUT2D eigenvalue weighted by Gasteiger charge is -2.40. The van der Waals surface area contributed by atoms with E-state index in [1.807, 2.05) is 37.2 Å². The lowest BCUT2D eigenvalue weighted by Crippen LogP contribution is -2.53. The molecule has 3 heterocycles. The van der Waals surface area contributed by atoms with Crippen LogP contribution in [0.4, 0.5) is 14.9 Å². The number of rotatable bonds is 6. The van der Waals surface area contributed by atoms with Gasteiger partial charge < -0.3 is 29.3 Å². The minimum atomic E-state index is -0.996. The first-order chi connectivity index (χ1) is 18.3. The maximum atomic E-state index is 15.9. The molecule has 2 aromatic heterocycles. The number of amides is 1. The highest BCUT2D eigenvalue weighted by molar-refractivity contribution is 7.21. The van der Waals surface area contributed by atoms with Crippen LogP contribution in [0.15, 0.2) is 10.9 Å². The summed E-state index contributed by atoms with van der Waals surface area (Å²) in [5, 5.41) is 20.8. The van der Waals surface area contributed by atoms with Crippen LogP contribution in [0.3, 0.4) is 0 Å². The number of carboxylic acid groups (broad SMARTS) is 1. The van der Waals surface area contributed by atoms with E-state index in [0.717, 1.165) is 24.2 Å². The fourth-order valence-electron chi connectivity index (χ4n) is 6.11. The van der Waals surface area contributed by atoms with Gasteiger partial charge in [-0.3, -0.25) is 9.59 Å². The average molecular weight is 560 g/mol. The van der Waals surface area contributed by atoms with Crippen LogP contribution in [0.25, 0.3) is 21.1 Å². The number of aromatic nitrogens is 1. The molecule has 1 saturated heterocycles. The van der Waals surface area contributed by atoms with Crippen molar-refractivity contribution in [1.82, 2.24) is 9.47 Å². The van der Waals surface area contributed by atoms with Gasteiger partial charge >= 0.3 is 6.09 Å². The molecular weight excluding hydrogens is 525 g/mol. The van der Waals surface area contributed by atoms with Gasteiger partial charge in [0.15, 0.2) is 23.1 Å². The largest absolute Gasteiger partial charge is 0.505 e. The van der Waals surface area contributed by atoms with Gasteiger partial charge in [-0.2, -0.15) is 0 Å². The van der Waals surface area contributed by atoms with Crippen molar-refractivity contribution in [3.05, 3.63) is 27.0 Å².